The van der Waals surface area contributed by atoms with Crippen LogP contribution in [-0.2, 0) is 11.2 Å². The fraction of sp³-hybridized carbons (Fsp3) is 0.381. The molecular weight excluding hydrogens is 392 g/mol. The molecule has 0 saturated carbocycles. The Morgan fingerprint density at radius 3 is 2.50 bits per heavy atom. The summed E-state index contributed by atoms with van der Waals surface area (Å²) < 4.78 is 6.22. The molecule has 2 aromatic rings. The number of nitrogens with zero attached hydrogens (tertiary/aromatic N) is 1. The highest BCUT2D eigenvalue weighted by Crippen LogP contribution is 2.22. The van der Waals surface area contributed by atoms with E-state index in [1.807, 2.05) is 48.5 Å². The Hall–Kier alpha value is -1.85. The lowest BCUT2D eigenvalue weighted by molar-refractivity contribution is -0.121. The summed E-state index contributed by atoms with van der Waals surface area (Å²) in [7, 11) is 1.66. The highest BCUT2D eigenvalue weighted by molar-refractivity contribution is 9.10. The van der Waals surface area contributed by atoms with E-state index in [4.69, 9.17) is 4.74 Å². The lowest BCUT2D eigenvalue weighted by Gasteiger charge is -2.25. The number of likely N-dealkylation sites (tertiary alicyclic amines) is 1. The second-order valence-corrected chi connectivity index (χ2v) is 7.52. The zero-order chi connectivity index (χ0) is 18.4. The molecule has 0 bridgehead atoms. The summed E-state index contributed by atoms with van der Waals surface area (Å²) >= 11 is 3.52. The molecule has 1 saturated heterocycles. The normalized spacial score (nSPS) is 15.6. The number of carbonyl (C=O) groups excluding carboxylic acids is 1. The van der Waals surface area contributed by atoms with Crippen LogP contribution in [0.5, 0.6) is 5.75 Å². The summed E-state index contributed by atoms with van der Waals surface area (Å²) in [4.78, 5) is 15.1. The molecule has 138 valence electrons. The van der Waals surface area contributed by atoms with Gasteiger partial charge in [0, 0.05) is 11.0 Å². The molecule has 3 rings (SSSR count). The van der Waals surface area contributed by atoms with Gasteiger partial charge in [0.05, 0.1) is 19.6 Å². The van der Waals surface area contributed by atoms with E-state index in [1.165, 1.54) is 12.8 Å². The minimum atomic E-state index is -0.0195. The summed E-state index contributed by atoms with van der Waals surface area (Å²) in [6.07, 6.45) is 2.84. The number of ether oxygens (including phenoxy) is 1. The van der Waals surface area contributed by atoms with Crippen LogP contribution in [0.2, 0.25) is 0 Å². The van der Waals surface area contributed by atoms with E-state index in [-0.39, 0.29) is 11.9 Å². The highest BCUT2D eigenvalue weighted by atomic mass is 79.9. The molecular formula is C21H25BrN2O2. The summed E-state index contributed by atoms with van der Waals surface area (Å²) in [5.74, 6) is 0.866. The van der Waals surface area contributed by atoms with Crippen LogP contribution in [0.3, 0.4) is 0 Å². The van der Waals surface area contributed by atoms with Gasteiger partial charge < -0.3 is 15.0 Å². The Labute approximate surface area is 163 Å². The van der Waals surface area contributed by atoms with E-state index in [0.717, 1.165) is 41.0 Å². The van der Waals surface area contributed by atoms with Crippen molar-refractivity contribution in [2.75, 3.05) is 26.7 Å². The van der Waals surface area contributed by atoms with Gasteiger partial charge in [0.25, 0.3) is 0 Å². The molecule has 26 heavy (non-hydrogen) atoms. The van der Waals surface area contributed by atoms with Crippen molar-refractivity contribution in [3.8, 4) is 5.75 Å². The van der Waals surface area contributed by atoms with E-state index < -0.39 is 0 Å². The number of methoxy groups -OCH3 is 1. The smallest absolute Gasteiger partial charge is 0.224 e. The standard InChI is InChI=1S/C21H25BrN2O2/c1-26-18-10-8-16(9-11-18)20(15-24-12-4-5-13-24)23-21(25)14-17-6-2-3-7-19(17)22/h2-3,6-11,20H,4-5,12-15H2,1H3,(H,23,25)/t20-/m1/s1. The van der Waals surface area contributed by atoms with E-state index in [0.29, 0.717) is 6.42 Å². The molecule has 4 nitrogen and oxygen atoms in total. The lowest BCUT2D eigenvalue weighted by Crippen LogP contribution is -2.37. The average Bonchev–Trinajstić information content (AvgIpc) is 3.16. The Bertz CT molecular complexity index is 727. The molecule has 2 aromatic carbocycles. The Balaban J connectivity index is 1.71. The monoisotopic (exact) mass is 416 g/mol. The van der Waals surface area contributed by atoms with Gasteiger partial charge in [0.1, 0.15) is 5.75 Å². The van der Waals surface area contributed by atoms with E-state index >= 15 is 0 Å². The quantitative estimate of drug-likeness (QED) is 0.742. The first-order valence-corrected chi connectivity index (χ1v) is 9.84. The lowest BCUT2D eigenvalue weighted by atomic mass is 10.0. The molecule has 0 radical (unpaired) electrons. The van der Waals surface area contributed by atoms with Crippen molar-refractivity contribution in [1.29, 1.82) is 0 Å². The van der Waals surface area contributed by atoms with E-state index in [2.05, 4.69) is 26.1 Å². The van der Waals surface area contributed by atoms with Crippen LogP contribution in [-0.4, -0.2) is 37.6 Å². The minimum Gasteiger partial charge on any atom is -0.497 e. The van der Waals surface area contributed by atoms with Crippen molar-refractivity contribution in [2.45, 2.75) is 25.3 Å². The summed E-state index contributed by atoms with van der Waals surface area (Å²) in [6.45, 7) is 3.05. The molecule has 1 aliphatic heterocycles. The topological polar surface area (TPSA) is 41.6 Å². The largest absolute Gasteiger partial charge is 0.497 e. The fourth-order valence-corrected chi connectivity index (χ4v) is 3.78. The van der Waals surface area contributed by atoms with Crippen molar-refractivity contribution < 1.29 is 9.53 Å². The third kappa shape index (κ3) is 5.08. The molecule has 1 amide bonds. The maximum atomic E-state index is 12.7. The Kier molecular flexibility index (Phi) is 6.69. The van der Waals surface area contributed by atoms with Crippen molar-refractivity contribution >= 4 is 21.8 Å². The van der Waals surface area contributed by atoms with Gasteiger partial charge in [-0.2, -0.15) is 0 Å². The predicted molar refractivity (Wildman–Crippen MR) is 107 cm³/mol. The molecule has 1 heterocycles. The molecule has 1 atom stereocenters. The number of benzene rings is 2. The van der Waals surface area contributed by atoms with Gasteiger partial charge in [-0.15, -0.1) is 0 Å². The van der Waals surface area contributed by atoms with Crippen molar-refractivity contribution in [3.05, 3.63) is 64.1 Å². The number of rotatable bonds is 7. The number of amides is 1. The van der Waals surface area contributed by atoms with Crippen LogP contribution in [0.4, 0.5) is 0 Å². The maximum absolute atomic E-state index is 12.7. The average molecular weight is 417 g/mol. The molecule has 0 aliphatic carbocycles. The first kappa shape index (κ1) is 18.9. The number of carbonyl (C=O) groups is 1. The van der Waals surface area contributed by atoms with Gasteiger partial charge >= 0.3 is 0 Å². The number of halogens is 1. The molecule has 0 aromatic heterocycles. The molecule has 1 N–H and O–H groups in total. The highest BCUT2D eigenvalue weighted by Gasteiger charge is 2.21. The second-order valence-electron chi connectivity index (χ2n) is 6.67. The van der Waals surface area contributed by atoms with Crippen LogP contribution >= 0.6 is 15.9 Å². The van der Waals surface area contributed by atoms with Gasteiger partial charge in [0.2, 0.25) is 5.91 Å². The molecule has 0 spiro atoms. The van der Waals surface area contributed by atoms with Gasteiger partial charge in [-0.3, -0.25) is 4.79 Å². The number of hydrogen-bond donors (Lipinski definition) is 1. The zero-order valence-electron chi connectivity index (χ0n) is 15.1. The van der Waals surface area contributed by atoms with Crippen LogP contribution in [0.15, 0.2) is 53.0 Å². The second kappa shape index (κ2) is 9.19. The first-order valence-electron chi connectivity index (χ1n) is 9.05. The van der Waals surface area contributed by atoms with Crippen LogP contribution in [0.25, 0.3) is 0 Å². The fourth-order valence-electron chi connectivity index (χ4n) is 3.35. The predicted octanol–water partition coefficient (Wildman–Crippen LogP) is 3.95. The van der Waals surface area contributed by atoms with Crippen LogP contribution < -0.4 is 10.1 Å². The van der Waals surface area contributed by atoms with Crippen LogP contribution in [0, 0.1) is 0 Å². The molecule has 1 aliphatic rings. The summed E-state index contributed by atoms with van der Waals surface area (Å²) in [5.41, 5.74) is 2.11. The SMILES string of the molecule is COc1ccc([C@@H](CN2CCCC2)NC(=O)Cc2ccccc2Br)cc1. The van der Waals surface area contributed by atoms with Gasteiger partial charge in [-0.1, -0.05) is 46.3 Å². The van der Waals surface area contributed by atoms with Crippen molar-refractivity contribution in [2.24, 2.45) is 0 Å². The van der Waals surface area contributed by atoms with Crippen molar-refractivity contribution in [1.82, 2.24) is 10.2 Å². The third-order valence-electron chi connectivity index (χ3n) is 4.80. The Morgan fingerprint density at radius 2 is 1.85 bits per heavy atom. The van der Waals surface area contributed by atoms with Gasteiger partial charge in [0.15, 0.2) is 0 Å². The number of nitrogens with one attached hydrogen (secondary N) is 1. The van der Waals surface area contributed by atoms with Gasteiger partial charge in [-0.05, 0) is 55.3 Å². The molecule has 1 fully saturated rings. The Morgan fingerprint density at radius 1 is 1.15 bits per heavy atom. The van der Waals surface area contributed by atoms with E-state index in [9.17, 15) is 4.79 Å². The zero-order valence-corrected chi connectivity index (χ0v) is 16.7. The minimum absolute atomic E-state index is 0.0195. The third-order valence-corrected chi connectivity index (χ3v) is 5.58. The maximum Gasteiger partial charge on any atom is 0.224 e. The first-order chi connectivity index (χ1) is 12.7. The van der Waals surface area contributed by atoms with Crippen molar-refractivity contribution in [3.63, 3.8) is 0 Å². The summed E-state index contributed by atoms with van der Waals surface area (Å²) in [5, 5.41) is 3.23. The van der Waals surface area contributed by atoms with E-state index in [1.54, 1.807) is 7.11 Å². The molecule has 0 unspecified atom stereocenters. The number of hydrogen-bond acceptors (Lipinski definition) is 3. The van der Waals surface area contributed by atoms with Gasteiger partial charge in [-0.25, -0.2) is 0 Å². The molecule has 5 heteroatoms. The summed E-state index contributed by atoms with van der Waals surface area (Å²) in [6, 6.07) is 15.8. The van der Waals surface area contributed by atoms with Crippen LogP contribution in [0.1, 0.15) is 30.0 Å².